The molecule has 2 aromatic heterocycles. The first-order valence-electron chi connectivity index (χ1n) is 17.3. The van der Waals surface area contributed by atoms with Gasteiger partial charge in [-0.05, 0) is 71.3 Å². The fourth-order valence-electron chi connectivity index (χ4n) is 7.51. The highest BCUT2D eigenvalue weighted by molar-refractivity contribution is 7.27. The highest BCUT2D eigenvalue weighted by Crippen LogP contribution is 2.48. The highest BCUT2D eigenvalue weighted by atomic mass is 32.1. The zero-order valence-electron chi connectivity index (χ0n) is 27.7. The third-order valence-electron chi connectivity index (χ3n) is 9.84. The lowest BCUT2D eigenvalue weighted by Gasteiger charge is -2.27. The van der Waals surface area contributed by atoms with Crippen LogP contribution < -0.4 is 4.90 Å². The van der Waals surface area contributed by atoms with Gasteiger partial charge >= 0.3 is 0 Å². The summed E-state index contributed by atoms with van der Waals surface area (Å²) < 4.78 is 5.27. The molecule has 2 heterocycles. The molecule has 51 heavy (non-hydrogen) atoms. The van der Waals surface area contributed by atoms with Crippen molar-refractivity contribution in [3.63, 3.8) is 0 Å². The Kier molecular flexibility index (Phi) is 7.26. The third-order valence-corrected chi connectivity index (χ3v) is 12.3. The Hall–Kier alpha value is -6.00. The minimum atomic E-state index is 1.14. The van der Waals surface area contributed by atoms with Crippen LogP contribution in [0.4, 0.5) is 17.1 Å². The van der Waals surface area contributed by atoms with E-state index in [1.165, 1.54) is 79.1 Å². The van der Waals surface area contributed by atoms with Gasteiger partial charge in [0.15, 0.2) is 0 Å². The Morgan fingerprint density at radius 1 is 0.412 bits per heavy atom. The summed E-state index contributed by atoms with van der Waals surface area (Å²) in [6.45, 7) is 0. The number of fused-ring (bicyclic) bond motifs is 8. The first-order valence-corrected chi connectivity index (χ1v) is 18.9. The molecule has 0 aliphatic rings. The van der Waals surface area contributed by atoms with Crippen molar-refractivity contribution in [3.05, 3.63) is 199 Å². The number of para-hydroxylation sites is 2. The predicted molar refractivity (Wildman–Crippen MR) is 224 cm³/mol. The second kappa shape index (κ2) is 12.4. The summed E-state index contributed by atoms with van der Waals surface area (Å²) in [6.07, 6.45) is 2.37. The van der Waals surface area contributed by atoms with E-state index in [0.717, 1.165) is 11.4 Å². The topological polar surface area (TPSA) is 3.24 Å². The van der Waals surface area contributed by atoms with E-state index >= 15 is 0 Å². The van der Waals surface area contributed by atoms with E-state index in [-0.39, 0.29) is 0 Å². The van der Waals surface area contributed by atoms with Crippen molar-refractivity contribution in [2.24, 2.45) is 0 Å². The van der Waals surface area contributed by atoms with Gasteiger partial charge in [-0.1, -0.05) is 133 Å². The van der Waals surface area contributed by atoms with Crippen LogP contribution in [-0.4, -0.2) is 0 Å². The summed E-state index contributed by atoms with van der Waals surface area (Å²) in [5, 5.41) is 7.70. The zero-order chi connectivity index (χ0) is 33.7. The number of thiophene rings is 2. The van der Waals surface area contributed by atoms with E-state index in [4.69, 9.17) is 0 Å². The molecule has 0 unspecified atom stereocenters. The van der Waals surface area contributed by atoms with Crippen LogP contribution >= 0.6 is 22.7 Å². The molecule has 0 N–H and O–H groups in total. The maximum atomic E-state index is 2.42. The Labute approximate surface area is 304 Å². The van der Waals surface area contributed by atoms with Gasteiger partial charge in [0.1, 0.15) is 0 Å². The van der Waals surface area contributed by atoms with Gasteiger partial charge in [0.05, 0.1) is 5.69 Å². The van der Waals surface area contributed by atoms with Crippen LogP contribution in [0.25, 0.3) is 62.8 Å². The molecule has 0 radical (unpaired) electrons. The largest absolute Gasteiger partial charge is 0.310 e. The van der Waals surface area contributed by atoms with Gasteiger partial charge in [0.2, 0.25) is 0 Å². The van der Waals surface area contributed by atoms with Gasteiger partial charge in [-0.15, -0.1) is 22.7 Å². The van der Waals surface area contributed by atoms with Crippen molar-refractivity contribution < 1.29 is 0 Å². The van der Waals surface area contributed by atoms with Crippen LogP contribution in [0.5, 0.6) is 0 Å². The molecule has 0 saturated carbocycles. The molecule has 8 aromatic carbocycles. The zero-order valence-corrected chi connectivity index (χ0v) is 29.3. The Balaban J connectivity index is 1.25. The average molecular weight is 686 g/mol. The molecule has 10 rings (SSSR count). The van der Waals surface area contributed by atoms with E-state index in [9.17, 15) is 0 Å². The quantitative estimate of drug-likeness (QED) is 0.158. The van der Waals surface area contributed by atoms with Crippen LogP contribution in [0, 0.1) is 0 Å². The van der Waals surface area contributed by atoms with Crippen molar-refractivity contribution in [2.45, 2.75) is 0 Å². The van der Waals surface area contributed by atoms with E-state index < -0.39 is 0 Å². The smallest absolute Gasteiger partial charge is 0.0547 e. The fraction of sp³-hybridized carbons (Fsp3) is 0. The molecular formula is C48H31NS2. The number of nitrogens with zero attached hydrogens (tertiary/aromatic N) is 1. The SMILES string of the molecule is C(=C(c1ccc2sc3ccccc3c2c1)c1cccc2c1sc1c3ccccc3c(N(c3ccccc3)c3ccccc3)cc21)c1ccccc1. The average Bonchev–Trinajstić information content (AvgIpc) is 3.77. The standard InChI is InChI=1S/C48H31NS2/c1-4-15-32(16-5-1)29-41(33-27-28-46-42(30-33)37-22-12-13-26-45(37)50-46)39-24-14-25-40-43-31-44(36-21-10-11-23-38(36)48(43)51-47(39)40)49(34-17-6-2-7-18-34)35-19-8-3-9-20-35/h1-31H. The number of hydrogen-bond donors (Lipinski definition) is 0. The van der Waals surface area contributed by atoms with Crippen molar-refractivity contribution >= 4 is 103 Å². The molecule has 0 aliphatic heterocycles. The molecule has 10 aromatic rings. The van der Waals surface area contributed by atoms with Crippen LogP contribution in [0.1, 0.15) is 16.7 Å². The molecule has 0 bridgehead atoms. The summed E-state index contributed by atoms with van der Waals surface area (Å²) in [6, 6.07) is 66.1. The van der Waals surface area contributed by atoms with Crippen LogP contribution in [-0.2, 0) is 0 Å². The second-order valence-corrected chi connectivity index (χ2v) is 15.0. The van der Waals surface area contributed by atoms with Gasteiger partial charge in [0.25, 0.3) is 0 Å². The van der Waals surface area contributed by atoms with E-state index in [1.54, 1.807) is 0 Å². The minimum absolute atomic E-state index is 1.14. The molecule has 0 amide bonds. The first kappa shape index (κ1) is 29.9. The number of benzene rings is 8. The summed E-state index contributed by atoms with van der Waals surface area (Å²) in [5.41, 5.74) is 8.35. The Morgan fingerprint density at radius 3 is 1.75 bits per heavy atom. The monoisotopic (exact) mass is 685 g/mol. The fourth-order valence-corrected chi connectivity index (χ4v) is 9.94. The molecular weight excluding hydrogens is 655 g/mol. The van der Waals surface area contributed by atoms with Crippen LogP contribution in [0.15, 0.2) is 182 Å². The van der Waals surface area contributed by atoms with E-state index in [2.05, 4.69) is 193 Å². The molecule has 0 atom stereocenters. The van der Waals surface area contributed by atoms with Gasteiger partial charge in [-0.25, -0.2) is 0 Å². The number of rotatable bonds is 6. The van der Waals surface area contributed by atoms with E-state index in [1.807, 2.05) is 22.7 Å². The lowest BCUT2D eigenvalue weighted by atomic mass is 9.93. The van der Waals surface area contributed by atoms with Gasteiger partial charge in [-0.3, -0.25) is 0 Å². The number of hydrogen-bond acceptors (Lipinski definition) is 3. The third kappa shape index (κ3) is 5.13. The maximum Gasteiger partial charge on any atom is 0.0547 e. The summed E-state index contributed by atoms with van der Waals surface area (Å²) >= 11 is 3.78. The van der Waals surface area contributed by atoms with Gasteiger partial charge in [0, 0.05) is 68.1 Å². The van der Waals surface area contributed by atoms with Crippen molar-refractivity contribution in [1.82, 2.24) is 0 Å². The van der Waals surface area contributed by atoms with E-state index in [0.29, 0.717) is 0 Å². The van der Waals surface area contributed by atoms with Crippen molar-refractivity contribution in [3.8, 4) is 0 Å². The molecule has 0 saturated heterocycles. The normalized spacial score (nSPS) is 12.0. The minimum Gasteiger partial charge on any atom is -0.310 e. The lowest BCUT2D eigenvalue weighted by Crippen LogP contribution is -2.10. The maximum absolute atomic E-state index is 2.42. The van der Waals surface area contributed by atoms with Crippen molar-refractivity contribution in [2.75, 3.05) is 4.90 Å². The first-order chi connectivity index (χ1) is 25.3. The molecule has 240 valence electrons. The summed E-state index contributed by atoms with van der Waals surface area (Å²) in [4.78, 5) is 2.40. The van der Waals surface area contributed by atoms with Gasteiger partial charge in [-0.2, -0.15) is 0 Å². The molecule has 3 heteroatoms. The molecule has 0 aliphatic carbocycles. The lowest BCUT2D eigenvalue weighted by molar-refractivity contribution is 1.30. The summed E-state index contributed by atoms with van der Waals surface area (Å²) in [5.74, 6) is 0. The van der Waals surface area contributed by atoms with Crippen molar-refractivity contribution in [1.29, 1.82) is 0 Å². The molecule has 0 spiro atoms. The number of anilines is 3. The summed E-state index contributed by atoms with van der Waals surface area (Å²) in [7, 11) is 0. The van der Waals surface area contributed by atoms with Crippen LogP contribution in [0.2, 0.25) is 0 Å². The van der Waals surface area contributed by atoms with Gasteiger partial charge < -0.3 is 4.90 Å². The molecule has 0 fully saturated rings. The second-order valence-electron chi connectivity index (χ2n) is 12.9. The highest BCUT2D eigenvalue weighted by Gasteiger charge is 2.21. The Morgan fingerprint density at radius 2 is 1.00 bits per heavy atom. The Bertz CT molecular complexity index is 2860. The van der Waals surface area contributed by atoms with Crippen LogP contribution in [0.3, 0.4) is 0 Å². The predicted octanol–water partition coefficient (Wildman–Crippen LogP) is 14.6. The molecule has 1 nitrogen and oxygen atoms in total.